The van der Waals surface area contributed by atoms with E-state index in [0.29, 0.717) is 23.5 Å². The zero-order valence-corrected chi connectivity index (χ0v) is 21.6. The second kappa shape index (κ2) is 10.1. The van der Waals surface area contributed by atoms with Crippen molar-refractivity contribution in [2.24, 2.45) is 0 Å². The highest BCUT2D eigenvalue weighted by Crippen LogP contribution is 2.38. The first-order valence-electron chi connectivity index (χ1n) is 12.6. The van der Waals surface area contributed by atoms with Gasteiger partial charge in [-0.25, -0.2) is 9.78 Å². The summed E-state index contributed by atoms with van der Waals surface area (Å²) in [6.07, 6.45) is 7.95. The molecule has 1 saturated heterocycles. The molecule has 0 amide bonds. The van der Waals surface area contributed by atoms with Crippen molar-refractivity contribution in [1.29, 1.82) is 0 Å². The molecule has 0 radical (unpaired) electrons. The molecule has 5 heterocycles. The van der Waals surface area contributed by atoms with Crippen molar-refractivity contribution in [2.75, 3.05) is 36.5 Å². The highest BCUT2D eigenvalue weighted by Gasteiger charge is 2.37. The lowest BCUT2D eigenvalue weighted by atomic mass is 9.92. The van der Waals surface area contributed by atoms with E-state index >= 15 is 0 Å². The number of rotatable bonds is 3. The summed E-state index contributed by atoms with van der Waals surface area (Å²) in [5.74, 6) is 0.443. The topological polar surface area (TPSA) is 101 Å². The lowest BCUT2D eigenvalue weighted by molar-refractivity contribution is -0.160. The maximum absolute atomic E-state index is 12.5. The minimum atomic E-state index is -1.16. The first-order valence-corrected chi connectivity index (χ1v) is 12.6. The van der Waals surface area contributed by atoms with E-state index in [1.54, 1.807) is 4.52 Å². The van der Waals surface area contributed by atoms with Gasteiger partial charge in [-0.05, 0) is 66.7 Å². The molecule has 192 valence electrons. The van der Waals surface area contributed by atoms with Gasteiger partial charge in [0.2, 0.25) is 0 Å². The third-order valence-electron chi connectivity index (χ3n) is 6.68. The van der Waals surface area contributed by atoms with Crippen LogP contribution in [0.1, 0.15) is 77.2 Å². The number of piperidine rings is 1. The molecule has 0 saturated carbocycles. The van der Waals surface area contributed by atoms with Gasteiger partial charge < -0.3 is 24.8 Å². The van der Waals surface area contributed by atoms with E-state index in [-0.39, 0.29) is 5.60 Å². The number of hydrogen-bond donors (Lipinski definition) is 2. The summed E-state index contributed by atoms with van der Waals surface area (Å²) >= 11 is 0. The SMILES string of the molecule is Cc1nc2cc3nn2c(c1[C@H](OC(C)(C)C)C(=O)O)N1CCC(C)(CC1)OC/C=C\CCCCN3. The number of ether oxygens (including phenoxy) is 2. The second-order valence-corrected chi connectivity index (χ2v) is 10.8. The normalized spacial score (nSPS) is 21.0. The molecule has 2 aromatic rings. The largest absolute Gasteiger partial charge is 0.479 e. The molecule has 1 fully saturated rings. The molecule has 2 aromatic heterocycles. The van der Waals surface area contributed by atoms with Crippen molar-refractivity contribution in [3.63, 3.8) is 0 Å². The van der Waals surface area contributed by atoms with E-state index in [1.165, 1.54) is 0 Å². The minimum Gasteiger partial charge on any atom is -0.479 e. The van der Waals surface area contributed by atoms with E-state index in [2.05, 4.69) is 29.3 Å². The smallest absolute Gasteiger partial charge is 0.337 e. The maximum atomic E-state index is 12.5. The number of nitrogens with one attached hydrogen (secondary N) is 1. The van der Waals surface area contributed by atoms with Gasteiger partial charge in [-0.2, -0.15) is 4.52 Å². The number of carboxylic acids is 1. The number of nitrogens with zero attached hydrogens (tertiary/aromatic N) is 4. The first-order chi connectivity index (χ1) is 16.6. The Hall–Kier alpha value is -2.65. The van der Waals surface area contributed by atoms with Crippen LogP contribution in [0.5, 0.6) is 0 Å². The Kier molecular flexibility index (Phi) is 7.38. The summed E-state index contributed by atoms with van der Waals surface area (Å²) in [6.45, 7) is 12.5. The fraction of sp³-hybridized carbons (Fsp3) is 0.654. The number of aryl methyl sites for hydroxylation is 1. The number of fused-ring (bicyclic) bond motifs is 9. The summed E-state index contributed by atoms with van der Waals surface area (Å²) in [4.78, 5) is 19.4. The molecule has 4 bridgehead atoms. The van der Waals surface area contributed by atoms with Crippen LogP contribution in [0, 0.1) is 6.92 Å². The summed E-state index contributed by atoms with van der Waals surface area (Å²) < 4.78 is 14.1. The molecule has 3 aliphatic rings. The number of aliphatic carboxylic acids is 1. The third-order valence-corrected chi connectivity index (χ3v) is 6.68. The van der Waals surface area contributed by atoms with E-state index in [0.717, 1.165) is 63.4 Å². The van der Waals surface area contributed by atoms with Crippen LogP contribution >= 0.6 is 0 Å². The summed E-state index contributed by atoms with van der Waals surface area (Å²) in [5.41, 5.74) is 1.02. The van der Waals surface area contributed by atoms with Gasteiger partial charge in [0.05, 0.1) is 23.4 Å². The zero-order chi connectivity index (χ0) is 25.2. The van der Waals surface area contributed by atoms with Gasteiger partial charge in [-0.15, -0.1) is 5.10 Å². The molecule has 0 unspecified atom stereocenters. The zero-order valence-electron chi connectivity index (χ0n) is 21.6. The predicted molar refractivity (Wildman–Crippen MR) is 136 cm³/mol. The second-order valence-electron chi connectivity index (χ2n) is 10.8. The molecule has 1 atom stereocenters. The molecule has 9 heteroatoms. The van der Waals surface area contributed by atoms with Gasteiger partial charge in [0.15, 0.2) is 17.6 Å². The average molecular weight is 486 g/mol. The standard InChI is InChI=1S/C26H39N5O4/c1-18-21(22(24(32)33)35-25(2,3)4)23-30-14-11-26(5,12-15-30)34-16-10-8-6-7-9-13-27-19-17-20(28-18)31(23)29-19/h8,10,17,22H,6-7,9,11-16H2,1-5H3,(H,27,29)(H,32,33)/b10-8-/t22-/m0/s1. The Labute approximate surface area is 207 Å². The highest BCUT2D eigenvalue weighted by atomic mass is 16.5. The van der Waals surface area contributed by atoms with E-state index in [4.69, 9.17) is 19.6 Å². The van der Waals surface area contributed by atoms with Crippen molar-refractivity contribution in [1.82, 2.24) is 14.6 Å². The summed E-state index contributed by atoms with van der Waals surface area (Å²) in [6, 6.07) is 1.93. The number of carboxylic acid groups (broad SMARTS) is 1. The Balaban J connectivity index is 1.82. The van der Waals surface area contributed by atoms with Crippen LogP contribution in [-0.4, -0.2) is 63.1 Å². The molecule has 35 heavy (non-hydrogen) atoms. The molecular weight excluding hydrogens is 446 g/mol. The molecular formula is C26H39N5O4. The van der Waals surface area contributed by atoms with Gasteiger partial charge in [-0.1, -0.05) is 12.2 Å². The predicted octanol–water partition coefficient (Wildman–Crippen LogP) is 4.51. The molecule has 2 N–H and O–H groups in total. The average Bonchev–Trinajstić information content (AvgIpc) is 3.17. The summed E-state index contributed by atoms with van der Waals surface area (Å²) in [5, 5.41) is 18.4. The van der Waals surface area contributed by atoms with Crippen LogP contribution in [0.15, 0.2) is 18.2 Å². The van der Waals surface area contributed by atoms with Gasteiger partial charge >= 0.3 is 5.97 Å². The fourth-order valence-electron chi connectivity index (χ4n) is 4.77. The van der Waals surface area contributed by atoms with Crippen molar-refractivity contribution in [2.45, 2.75) is 84.0 Å². The van der Waals surface area contributed by atoms with Crippen molar-refractivity contribution < 1.29 is 19.4 Å². The van der Waals surface area contributed by atoms with Crippen LogP contribution in [0.3, 0.4) is 0 Å². The Morgan fingerprint density at radius 3 is 2.69 bits per heavy atom. The van der Waals surface area contributed by atoms with E-state index in [9.17, 15) is 9.90 Å². The number of aromatic nitrogens is 3. The first kappa shape index (κ1) is 25.4. The van der Waals surface area contributed by atoms with Crippen molar-refractivity contribution >= 4 is 23.3 Å². The molecule has 9 nitrogen and oxygen atoms in total. The van der Waals surface area contributed by atoms with Crippen LogP contribution in [-0.2, 0) is 14.3 Å². The lowest BCUT2D eigenvalue weighted by Gasteiger charge is -2.41. The third kappa shape index (κ3) is 5.95. The van der Waals surface area contributed by atoms with Gasteiger partial charge in [0.25, 0.3) is 0 Å². The monoisotopic (exact) mass is 485 g/mol. The molecule has 5 rings (SSSR count). The highest BCUT2D eigenvalue weighted by molar-refractivity contribution is 5.78. The van der Waals surface area contributed by atoms with Crippen LogP contribution in [0.25, 0.3) is 5.65 Å². The maximum Gasteiger partial charge on any atom is 0.337 e. The fourth-order valence-corrected chi connectivity index (χ4v) is 4.77. The number of allylic oxidation sites excluding steroid dienone is 1. The Morgan fingerprint density at radius 1 is 1.26 bits per heavy atom. The van der Waals surface area contributed by atoms with Crippen LogP contribution in [0.2, 0.25) is 0 Å². The van der Waals surface area contributed by atoms with Gasteiger partial charge in [0, 0.05) is 31.4 Å². The number of carbonyl (C=O) groups is 1. The Morgan fingerprint density at radius 2 is 2.00 bits per heavy atom. The molecule has 0 aliphatic carbocycles. The van der Waals surface area contributed by atoms with E-state index < -0.39 is 17.7 Å². The Bertz CT molecular complexity index is 1080. The van der Waals surface area contributed by atoms with Crippen molar-refractivity contribution in [3.8, 4) is 0 Å². The van der Waals surface area contributed by atoms with Gasteiger partial charge in [-0.3, -0.25) is 0 Å². The quantitative estimate of drug-likeness (QED) is 0.613. The molecule has 3 aliphatic heterocycles. The van der Waals surface area contributed by atoms with Crippen molar-refractivity contribution in [3.05, 3.63) is 29.5 Å². The molecule has 0 aromatic carbocycles. The van der Waals surface area contributed by atoms with Gasteiger partial charge in [0.1, 0.15) is 5.82 Å². The van der Waals surface area contributed by atoms with E-state index in [1.807, 2.05) is 33.8 Å². The lowest BCUT2D eigenvalue weighted by Crippen LogP contribution is -2.45. The van der Waals surface area contributed by atoms with Crippen LogP contribution in [0.4, 0.5) is 11.6 Å². The molecule has 0 spiro atoms. The number of hydrogen-bond acceptors (Lipinski definition) is 7. The van der Waals surface area contributed by atoms with Crippen LogP contribution < -0.4 is 10.2 Å². The minimum absolute atomic E-state index is 0.221. The number of anilines is 2. The summed E-state index contributed by atoms with van der Waals surface area (Å²) in [7, 11) is 0.